The predicted octanol–water partition coefficient (Wildman–Crippen LogP) is 3.26. The third-order valence-corrected chi connectivity index (χ3v) is 5.23. The van der Waals surface area contributed by atoms with Crippen molar-refractivity contribution in [2.45, 2.75) is 38.8 Å². The number of amides is 1. The SMILES string of the molecule is Cc1cccc(C(=O)Nc2ccccc2CN(CC[C@H](N)C(=O)O)CC2CC2)c1. The number of nitrogens with one attached hydrogen (secondary N) is 1. The maximum absolute atomic E-state index is 12.7. The van der Waals surface area contributed by atoms with Crippen molar-refractivity contribution >= 4 is 17.6 Å². The second kappa shape index (κ2) is 9.67. The molecule has 29 heavy (non-hydrogen) atoms. The van der Waals surface area contributed by atoms with Gasteiger partial charge in [-0.05, 0) is 55.9 Å². The lowest BCUT2D eigenvalue weighted by Crippen LogP contribution is -2.36. The summed E-state index contributed by atoms with van der Waals surface area (Å²) in [6.07, 6.45) is 2.83. The highest BCUT2D eigenvalue weighted by Gasteiger charge is 2.25. The Bertz CT molecular complexity index is 864. The zero-order valence-corrected chi connectivity index (χ0v) is 16.8. The summed E-state index contributed by atoms with van der Waals surface area (Å²) in [5.41, 5.74) is 9.15. The normalized spacial score (nSPS) is 14.6. The maximum Gasteiger partial charge on any atom is 0.320 e. The molecule has 0 unspecified atom stereocenters. The first-order valence-electron chi connectivity index (χ1n) is 10.1. The average Bonchev–Trinajstić information content (AvgIpc) is 3.51. The Morgan fingerprint density at radius 2 is 1.97 bits per heavy atom. The van der Waals surface area contributed by atoms with E-state index in [-0.39, 0.29) is 5.91 Å². The molecule has 6 heteroatoms. The van der Waals surface area contributed by atoms with Crippen LogP contribution in [0, 0.1) is 12.8 Å². The lowest BCUT2D eigenvalue weighted by molar-refractivity contribution is -0.138. The molecule has 0 aromatic heterocycles. The van der Waals surface area contributed by atoms with Gasteiger partial charge in [-0.3, -0.25) is 14.5 Å². The van der Waals surface area contributed by atoms with Crippen LogP contribution in [0.1, 0.15) is 40.7 Å². The molecule has 0 bridgehead atoms. The number of rotatable bonds is 10. The van der Waals surface area contributed by atoms with Crippen LogP contribution in [0.4, 0.5) is 5.69 Å². The molecule has 1 amide bonds. The minimum absolute atomic E-state index is 0.136. The average molecular weight is 396 g/mol. The van der Waals surface area contributed by atoms with Crippen LogP contribution < -0.4 is 11.1 Å². The molecule has 2 aromatic carbocycles. The van der Waals surface area contributed by atoms with Gasteiger partial charge in [-0.15, -0.1) is 0 Å². The van der Waals surface area contributed by atoms with Crippen LogP contribution in [0.2, 0.25) is 0 Å². The van der Waals surface area contributed by atoms with Crippen LogP contribution in [0.3, 0.4) is 0 Å². The first kappa shape index (κ1) is 21.0. The summed E-state index contributed by atoms with van der Waals surface area (Å²) < 4.78 is 0. The van der Waals surface area contributed by atoms with E-state index in [0.717, 1.165) is 23.4 Å². The predicted molar refractivity (Wildman–Crippen MR) is 114 cm³/mol. The number of aliphatic carboxylic acids is 1. The van der Waals surface area contributed by atoms with Crippen LogP contribution in [0.15, 0.2) is 48.5 Å². The van der Waals surface area contributed by atoms with Crippen LogP contribution in [0.5, 0.6) is 0 Å². The Kier molecular flexibility index (Phi) is 7.01. The van der Waals surface area contributed by atoms with Crippen molar-refractivity contribution in [1.29, 1.82) is 0 Å². The van der Waals surface area contributed by atoms with Gasteiger partial charge in [0.2, 0.25) is 0 Å². The van der Waals surface area contributed by atoms with Crippen LogP contribution in [-0.2, 0) is 11.3 Å². The van der Waals surface area contributed by atoms with Gasteiger partial charge in [0.25, 0.3) is 5.91 Å². The van der Waals surface area contributed by atoms with Gasteiger partial charge in [-0.1, -0.05) is 35.9 Å². The van der Waals surface area contributed by atoms with E-state index in [1.54, 1.807) is 6.07 Å². The summed E-state index contributed by atoms with van der Waals surface area (Å²) in [5.74, 6) is -0.435. The molecule has 0 heterocycles. The molecule has 4 N–H and O–H groups in total. The van der Waals surface area contributed by atoms with Crippen molar-refractivity contribution < 1.29 is 14.7 Å². The Balaban J connectivity index is 1.70. The van der Waals surface area contributed by atoms with Gasteiger partial charge in [0.1, 0.15) is 6.04 Å². The van der Waals surface area contributed by atoms with Crippen molar-refractivity contribution in [2.75, 3.05) is 18.4 Å². The number of carbonyl (C=O) groups is 2. The Morgan fingerprint density at radius 1 is 1.21 bits per heavy atom. The maximum atomic E-state index is 12.7. The van der Waals surface area contributed by atoms with Crippen molar-refractivity contribution in [1.82, 2.24) is 4.90 Å². The highest BCUT2D eigenvalue weighted by molar-refractivity contribution is 6.04. The van der Waals surface area contributed by atoms with Gasteiger partial charge in [0.15, 0.2) is 0 Å². The summed E-state index contributed by atoms with van der Waals surface area (Å²) in [5, 5.41) is 12.1. The molecule has 0 saturated heterocycles. The second-order valence-corrected chi connectivity index (χ2v) is 7.89. The Labute approximate surface area is 171 Å². The monoisotopic (exact) mass is 395 g/mol. The lowest BCUT2D eigenvalue weighted by atomic mass is 10.1. The molecule has 2 aromatic rings. The van der Waals surface area contributed by atoms with Gasteiger partial charge in [0.05, 0.1) is 0 Å². The zero-order chi connectivity index (χ0) is 20.8. The summed E-state index contributed by atoms with van der Waals surface area (Å²) in [6, 6.07) is 14.4. The number of carboxylic acid groups (broad SMARTS) is 1. The number of para-hydroxylation sites is 1. The van der Waals surface area contributed by atoms with Crippen LogP contribution in [-0.4, -0.2) is 41.0 Å². The summed E-state index contributed by atoms with van der Waals surface area (Å²) in [4.78, 5) is 26.0. The lowest BCUT2D eigenvalue weighted by Gasteiger charge is -2.24. The summed E-state index contributed by atoms with van der Waals surface area (Å²) >= 11 is 0. The Hall–Kier alpha value is -2.70. The van der Waals surface area contributed by atoms with Gasteiger partial charge >= 0.3 is 5.97 Å². The molecule has 0 aliphatic heterocycles. The number of aryl methyl sites for hydroxylation is 1. The molecule has 1 aliphatic rings. The van der Waals surface area contributed by atoms with E-state index in [2.05, 4.69) is 10.2 Å². The number of hydrogen-bond donors (Lipinski definition) is 3. The molecule has 0 spiro atoms. The molecular formula is C23H29N3O3. The number of carbonyl (C=O) groups excluding carboxylic acids is 1. The fraction of sp³-hybridized carbons (Fsp3) is 0.391. The molecular weight excluding hydrogens is 366 g/mol. The molecule has 1 atom stereocenters. The zero-order valence-electron chi connectivity index (χ0n) is 16.8. The molecule has 1 fully saturated rings. The molecule has 0 radical (unpaired) electrons. The standard InChI is InChI=1S/C23H29N3O3/c1-16-5-4-7-18(13-16)22(27)25-21-8-3-2-6-19(21)15-26(14-17-9-10-17)12-11-20(24)23(28)29/h2-8,13,17,20H,9-12,14-15,24H2,1H3,(H,25,27)(H,28,29)/t20-/m0/s1. The first-order valence-corrected chi connectivity index (χ1v) is 10.1. The minimum atomic E-state index is -0.970. The highest BCUT2D eigenvalue weighted by atomic mass is 16.4. The summed E-state index contributed by atoms with van der Waals surface area (Å²) in [7, 11) is 0. The van der Waals surface area contributed by atoms with Crippen molar-refractivity contribution in [3.8, 4) is 0 Å². The van der Waals surface area contributed by atoms with Crippen molar-refractivity contribution in [3.05, 3.63) is 65.2 Å². The van der Waals surface area contributed by atoms with Gasteiger partial charge in [0, 0.05) is 30.9 Å². The molecule has 6 nitrogen and oxygen atoms in total. The van der Waals surface area contributed by atoms with E-state index in [0.29, 0.717) is 31.0 Å². The number of carboxylic acids is 1. The number of hydrogen-bond acceptors (Lipinski definition) is 4. The first-order chi connectivity index (χ1) is 13.9. The van der Waals surface area contributed by atoms with Crippen molar-refractivity contribution in [3.63, 3.8) is 0 Å². The third-order valence-electron chi connectivity index (χ3n) is 5.23. The van der Waals surface area contributed by atoms with E-state index in [9.17, 15) is 9.59 Å². The molecule has 3 rings (SSSR count). The molecule has 1 saturated carbocycles. The van der Waals surface area contributed by atoms with E-state index in [1.165, 1.54) is 12.8 Å². The largest absolute Gasteiger partial charge is 0.480 e. The number of nitrogens with two attached hydrogens (primary N) is 1. The van der Waals surface area contributed by atoms with Gasteiger partial charge < -0.3 is 16.2 Å². The van der Waals surface area contributed by atoms with E-state index >= 15 is 0 Å². The highest BCUT2D eigenvalue weighted by Crippen LogP contribution is 2.31. The van der Waals surface area contributed by atoms with E-state index < -0.39 is 12.0 Å². The smallest absolute Gasteiger partial charge is 0.320 e. The van der Waals surface area contributed by atoms with Gasteiger partial charge in [-0.25, -0.2) is 0 Å². The molecule has 1 aliphatic carbocycles. The Morgan fingerprint density at radius 3 is 2.66 bits per heavy atom. The topological polar surface area (TPSA) is 95.7 Å². The quantitative estimate of drug-likeness (QED) is 0.574. The third kappa shape index (κ3) is 6.41. The second-order valence-electron chi connectivity index (χ2n) is 7.89. The number of nitrogens with zero attached hydrogens (tertiary/aromatic N) is 1. The van der Waals surface area contributed by atoms with E-state index in [1.807, 2.05) is 49.4 Å². The summed E-state index contributed by atoms with van der Waals surface area (Å²) in [6.45, 7) is 4.14. The van der Waals surface area contributed by atoms with E-state index in [4.69, 9.17) is 10.8 Å². The fourth-order valence-electron chi connectivity index (χ4n) is 3.35. The fourth-order valence-corrected chi connectivity index (χ4v) is 3.35. The van der Waals surface area contributed by atoms with Crippen molar-refractivity contribution in [2.24, 2.45) is 11.7 Å². The van der Waals surface area contributed by atoms with Crippen LogP contribution >= 0.6 is 0 Å². The number of anilines is 1. The van der Waals surface area contributed by atoms with Crippen LogP contribution in [0.25, 0.3) is 0 Å². The number of benzene rings is 2. The molecule has 154 valence electrons. The van der Waals surface area contributed by atoms with Gasteiger partial charge in [-0.2, -0.15) is 0 Å². The minimum Gasteiger partial charge on any atom is -0.480 e.